The van der Waals surface area contributed by atoms with Gasteiger partial charge < -0.3 is 9.47 Å². The highest BCUT2D eigenvalue weighted by molar-refractivity contribution is 4.58. The Labute approximate surface area is 146 Å². The molecule has 0 aliphatic rings. The Morgan fingerprint density at radius 1 is 0.522 bits per heavy atom. The maximum absolute atomic E-state index is 5.49. The predicted octanol–water partition coefficient (Wildman–Crippen LogP) is 5.28. The van der Waals surface area contributed by atoms with Gasteiger partial charge in [0.05, 0.1) is 13.2 Å². The molecular formula is C20H43NO2. The molecule has 3 nitrogen and oxygen atoms in total. The SMILES string of the molecule is CCCCCCCCCCCCN(CCOCC)CCOCC. The van der Waals surface area contributed by atoms with Gasteiger partial charge in [-0.25, -0.2) is 0 Å². The van der Waals surface area contributed by atoms with Crippen LogP contribution in [0.4, 0.5) is 0 Å². The van der Waals surface area contributed by atoms with Gasteiger partial charge in [0.1, 0.15) is 0 Å². The van der Waals surface area contributed by atoms with Crippen LogP contribution in [0.15, 0.2) is 0 Å². The fraction of sp³-hybridized carbons (Fsp3) is 1.00. The van der Waals surface area contributed by atoms with E-state index in [4.69, 9.17) is 9.47 Å². The molecule has 0 aromatic carbocycles. The van der Waals surface area contributed by atoms with Gasteiger partial charge in [0, 0.05) is 26.3 Å². The van der Waals surface area contributed by atoms with Crippen molar-refractivity contribution in [2.45, 2.75) is 85.0 Å². The third-order valence-corrected chi connectivity index (χ3v) is 4.34. The molecule has 0 amide bonds. The van der Waals surface area contributed by atoms with Crippen molar-refractivity contribution in [2.75, 3.05) is 46.1 Å². The number of rotatable bonds is 19. The summed E-state index contributed by atoms with van der Waals surface area (Å²) in [6.45, 7) is 13.0. The topological polar surface area (TPSA) is 21.7 Å². The summed E-state index contributed by atoms with van der Waals surface area (Å²) < 4.78 is 11.0. The summed E-state index contributed by atoms with van der Waals surface area (Å²) in [6, 6.07) is 0. The van der Waals surface area contributed by atoms with Crippen LogP contribution in [0.1, 0.15) is 85.0 Å². The van der Waals surface area contributed by atoms with Gasteiger partial charge in [-0.15, -0.1) is 0 Å². The van der Waals surface area contributed by atoms with Gasteiger partial charge in [-0.1, -0.05) is 64.7 Å². The van der Waals surface area contributed by atoms with Crippen molar-refractivity contribution in [3.8, 4) is 0 Å². The van der Waals surface area contributed by atoms with Gasteiger partial charge in [-0.3, -0.25) is 4.90 Å². The third kappa shape index (κ3) is 18.1. The quantitative estimate of drug-likeness (QED) is 0.301. The largest absolute Gasteiger partial charge is 0.380 e. The Morgan fingerprint density at radius 3 is 1.39 bits per heavy atom. The Balaban J connectivity index is 3.48. The maximum Gasteiger partial charge on any atom is 0.0593 e. The van der Waals surface area contributed by atoms with E-state index in [1.807, 2.05) is 0 Å². The second-order valence-corrected chi connectivity index (χ2v) is 6.42. The first-order valence-electron chi connectivity index (χ1n) is 10.2. The number of hydrogen-bond donors (Lipinski definition) is 0. The number of nitrogens with zero attached hydrogens (tertiary/aromatic N) is 1. The normalized spacial score (nSPS) is 11.5. The number of hydrogen-bond acceptors (Lipinski definition) is 3. The molecule has 23 heavy (non-hydrogen) atoms. The van der Waals surface area contributed by atoms with E-state index in [9.17, 15) is 0 Å². The van der Waals surface area contributed by atoms with Crippen LogP contribution in [-0.4, -0.2) is 51.0 Å². The summed E-state index contributed by atoms with van der Waals surface area (Å²) >= 11 is 0. The molecule has 0 aromatic rings. The lowest BCUT2D eigenvalue weighted by Crippen LogP contribution is -2.32. The first kappa shape index (κ1) is 22.9. The zero-order valence-electron chi connectivity index (χ0n) is 16.3. The molecule has 0 spiro atoms. The fourth-order valence-corrected chi connectivity index (χ4v) is 2.83. The van der Waals surface area contributed by atoms with Crippen molar-refractivity contribution in [1.82, 2.24) is 4.90 Å². The van der Waals surface area contributed by atoms with Gasteiger partial charge in [0.15, 0.2) is 0 Å². The molecule has 140 valence electrons. The molecule has 0 N–H and O–H groups in total. The molecule has 0 bridgehead atoms. The second kappa shape index (κ2) is 19.9. The Morgan fingerprint density at radius 2 is 0.957 bits per heavy atom. The molecule has 0 saturated carbocycles. The summed E-state index contributed by atoms with van der Waals surface area (Å²) in [6.07, 6.45) is 14.0. The highest BCUT2D eigenvalue weighted by atomic mass is 16.5. The Bertz CT molecular complexity index is 202. The molecule has 0 radical (unpaired) electrons. The van der Waals surface area contributed by atoms with Crippen LogP contribution >= 0.6 is 0 Å². The summed E-state index contributed by atoms with van der Waals surface area (Å²) in [5, 5.41) is 0. The average molecular weight is 330 g/mol. The fourth-order valence-electron chi connectivity index (χ4n) is 2.83. The van der Waals surface area contributed by atoms with E-state index in [2.05, 4.69) is 25.7 Å². The van der Waals surface area contributed by atoms with Gasteiger partial charge in [0.25, 0.3) is 0 Å². The van der Waals surface area contributed by atoms with Crippen LogP contribution in [0.2, 0.25) is 0 Å². The van der Waals surface area contributed by atoms with E-state index < -0.39 is 0 Å². The molecule has 0 saturated heterocycles. The van der Waals surface area contributed by atoms with E-state index in [0.717, 1.165) is 39.5 Å². The van der Waals surface area contributed by atoms with Gasteiger partial charge in [-0.05, 0) is 26.8 Å². The smallest absolute Gasteiger partial charge is 0.0593 e. The molecular weight excluding hydrogens is 286 g/mol. The first-order chi connectivity index (χ1) is 11.3. The average Bonchev–Trinajstić information content (AvgIpc) is 2.56. The van der Waals surface area contributed by atoms with Crippen LogP contribution in [0, 0.1) is 0 Å². The van der Waals surface area contributed by atoms with Gasteiger partial charge in [0.2, 0.25) is 0 Å². The van der Waals surface area contributed by atoms with Crippen LogP contribution in [0.3, 0.4) is 0 Å². The van der Waals surface area contributed by atoms with Crippen LogP contribution < -0.4 is 0 Å². The standard InChI is InChI=1S/C20H43NO2/c1-4-7-8-9-10-11-12-13-14-15-16-21(17-19-22-5-2)18-20-23-6-3/h4-20H2,1-3H3. The third-order valence-electron chi connectivity index (χ3n) is 4.34. The summed E-state index contributed by atoms with van der Waals surface area (Å²) in [4.78, 5) is 2.50. The monoisotopic (exact) mass is 329 g/mol. The van der Waals surface area contributed by atoms with E-state index in [0.29, 0.717) is 0 Å². The highest BCUT2D eigenvalue weighted by Crippen LogP contribution is 2.10. The van der Waals surface area contributed by atoms with E-state index in [1.165, 1.54) is 70.8 Å². The van der Waals surface area contributed by atoms with Crippen molar-refractivity contribution >= 4 is 0 Å². The molecule has 0 aromatic heterocycles. The van der Waals surface area contributed by atoms with Gasteiger partial charge in [-0.2, -0.15) is 0 Å². The lowest BCUT2D eigenvalue weighted by Gasteiger charge is -2.22. The first-order valence-corrected chi connectivity index (χ1v) is 10.2. The minimum atomic E-state index is 0.817. The summed E-state index contributed by atoms with van der Waals surface area (Å²) in [7, 11) is 0. The maximum atomic E-state index is 5.49. The van der Waals surface area contributed by atoms with Gasteiger partial charge >= 0.3 is 0 Å². The van der Waals surface area contributed by atoms with Crippen molar-refractivity contribution in [3.05, 3.63) is 0 Å². The van der Waals surface area contributed by atoms with E-state index in [1.54, 1.807) is 0 Å². The van der Waals surface area contributed by atoms with Crippen molar-refractivity contribution < 1.29 is 9.47 Å². The Kier molecular flexibility index (Phi) is 19.8. The lowest BCUT2D eigenvalue weighted by molar-refractivity contribution is 0.0820. The molecule has 0 atom stereocenters. The molecule has 0 heterocycles. The van der Waals surface area contributed by atoms with Crippen LogP contribution in [0.25, 0.3) is 0 Å². The number of ether oxygens (including phenoxy) is 2. The molecule has 0 rings (SSSR count). The van der Waals surface area contributed by atoms with Crippen molar-refractivity contribution in [1.29, 1.82) is 0 Å². The van der Waals surface area contributed by atoms with E-state index >= 15 is 0 Å². The predicted molar refractivity (Wildman–Crippen MR) is 101 cm³/mol. The number of unbranched alkanes of at least 4 members (excludes halogenated alkanes) is 9. The molecule has 0 unspecified atom stereocenters. The lowest BCUT2D eigenvalue weighted by atomic mass is 10.1. The molecule has 0 fully saturated rings. The zero-order valence-corrected chi connectivity index (χ0v) is 16.3. The minimum Gasteiger partial charge on any atom is -0.380 e. The summed E-state index contributed by atoms with van der Waals surface area (Å²) in [5.74, 6) is 0. The summed E-state index contributed by atoms with van der Waals surface area (Å²) in [5.41, 5.74) is 0. The highest BCUT2D eigenvalue weighted by Gasteiger charge is 2.04. The van der Waals surface area contributed by atoms with Crippen molar-refractivity contribution in [3.63, 3.8) is 0 Å². The van der Waals surface area contributed by atoms with Crippen molar-refractivity contribution in [2.24, 2.45) is 0 Å². The molecule has 0 aliphatic carbocycles. The van der Waals surface area contributed by atoms with E-state index in [-0.39, 0.29) is 0 Å². The molecule has 3 heteroatoms. The Hall–Kier alpha value is -0.120. The zero-order chi connectivity index (χ0) is 17.0. The van der Waals surface area contributed by atoms with Crippen LogP contribution in [-0.2, 0) is 9.47 Å². The second-order valence-electron chi connectivity index (χ2n) is 6.42. The van der Waals surface area contributed by atoms with Crippen LogP contribution in [0.5, 0.6) is 0 Å². The minimum absolute atomic E-state index is 0.817. The molecule has 0 aliphatic heterocycles.